The molecular weight excluding hydrogens is 278 g/mol. The fourth-order valence-corrected chi connectivity index (χ4v) is 3.50. The highest BCUT2D eigenvalue weighted by molar-refractivity contribution is 7.89. The number of nitrogens with one attached hydrogen (secondary N) is 1. The molecule has 1 heterocycles. The molecule has 110 valence electrons. The Balaban J connectivity index is 2.22. The number of hydrogen-bond donors (Lipinski definition) is 1. The number of benzene rings is 1. The van der Waals surface area contributed by atoms with Crippen molar-refractivity contribution in [2.75, 3.05) is 40.3 Å². The Labute approximate surface area is 119 Å². The molecule has 1 aromatic rings. The standard InChI is InChI=1S/C13H19N3O3S/c1-15(2)13(17)11-3-5-12(6-4-11)20(18,19)16-9-7-14-8-10-16/h3-6,14H,7-10H2,1-2H3. The van der Waals surface area contributed by atoms with E-state index in [1.165, 1.54) is 21.3 Å². The summed E-state index contributed by atoms with van der Waals surface area (Å²) in [4.78, 5) is 13.5. The topological polar surface area (TPSA) is 69.7 Å². The van der Waals surface area contributed by atoms with Crippen molar-refractivity contribution in [1.82, 2.24) is 14.5 Å². The van der Waals surface area contributed by atoms with Crippen LogP contribution in [0, 0.1) is 0 Å². The van der Waals surface area contributed by atoms with Crippen LogP contribution >= 0.6 is 0 Å². The first kappa shape index (κ1) is 15.0. The third-order valence-electron chi connectivity index (χ3n) is 3.22. The Kier molecular flexibility index (Phi) is 4.42. The zero-order valence-corrected chi connectivity index (χ0v) is 12.5. The number of hydrogen-bond acceptors (Lipinski definition) is 4. The van der Waals surface area contributed by atoms with E-state index in [2.05, 4.69) is 5.32 Å². The predicted molar refractivity (Wildman–Crippen MR) is 76.1 cm³/mol. The molecule has 2 rings (SSSR count). The summed E-state index contributed by atoms with van der Waals surface area (Å²) in [7, 11) is -0.135. The van der Waals surface area contributed by atoms with Crippen molar-refractivity contribution in [3.8, 4) is 0 Å². The number of sulfonamides is 1. The van der Waals surface area contributed by atoms with Gasteiger partial charge in [-0.2, -0.15) is 4.31 Å². The van der Waals surface area contributed by atoms with Crippen molar-refractivity contribution in [3.05, 3.63) is 29.8 Å². The molecule has 7 heteroatoms. The minimum atomic E-state index is -3.46. The van der Waals surface area contributed by atoms with Gasteiger partial charge in [-0.05, 0) is 24.3 Å². The molecule has 1 saturated heterocycles. The molecule has 0 saturated carbocycles. The fraction of sp³-hybridized carbons (Fsp3) is 0.462. The smallest absolute Gasteiger partial charge is 0.253 e. The van der Waals surface area contributed by atoms with Crippen LogP contribution < -0.4 is 5.32 Å². The highest BCUT2D eigenvalue weighted by Crippen LogP contribution is 2.17. The van der Waals surface area contributed by atoms with Gasteiger partial charge in [-0.3, -0.25) is 4.79 Å². The minimum absolute atomic E-state index is 0.142. The number of carbonyl (C=O) groups is 1. The monoisotopic (exact) mass is 297 g/mol. The Bertz CT molecular complexity index is 575. The van der Waals surface area contributed by atoms with Crippen LogP contribution in [0.4, 0.5) is 0 Å². The third kappa shape index (κ3) is 3.00. The van der Waals surface area contributed by atoms with Gasteiger partial charge in [0.05, 0.1) is 4.90 Å². The molecule has 0 bridgehead atoms. The van der Waals surface area contributed by atoms with Crippen molar-refractivity contribution < 1.29 is 13.2 Å². The highest BCUT2D eigenvalue weighted by atomic mass is 32.2. The molecule has 0 radical (unpaired) electrons. The molecule has 1 N–H and O–H groups in total. The van der Waals surface area contributed by atoms with Crippen LogP contribution in [0.3, 0.4) is 0 Å². The lowest BCUT2D eigenvalue weighted by molar-refractivity contribution is 0.0827. The molecule has 0 aliphatic carbocycles. The average Bonchev–Trinajstić information content (AvgIpc) is 2.47. The highest BCUT2D eigenvalue weighted by Gasteiger charge is 2.25. The number of carbonyl (C=O) groups excluding carboxylic acids is 1. The van der Waals surface area contributed by atoms with Gasteiger partial charge < -0.3 is 10.2 Å². The lowest BCUT2D eigenvalue weighted by atomic mass is 10.2. The summed E-state index contributed by atoms with van der Waals surface area (Å²) in [5, 5.41) is 3.12. The van der Waals surface area contributed by atoms with Crippen molar-refractivity contribution >= 4 is 15.9 Å². The first-order valence-corrected chi connectivity index (χ1v) is 7.89. The average molecular weight is 297 g/mol. The maximum absolute atomic E-state index is 12.4. The lowest BCUT2D eigenvalue weighted by Gasteiger charge is -2.26. The Morgan fingerprint density at radius 3 is 2.20 bits per heavy atom. The maximum atomic E-state index is 12.4. The van der Waals surface area contributed by atoms with Crippen LogP contribution in [-0.4, -0.2) is 63.8 Å². The Morgan fingerprint density at radius 2 is 1.70 bits per heavy atom. The molecule has 1 fully saturated rings. The summed E-state index contributed by atoms with van der Waals surface area (Å²) in [5.74, 6) is -0.142. The Morgan fingerprint density at radius 1 is 1.15 bits per heavy atom. The molecule has 0 aromatic heterocycles. The van der Waals surface area contributed by atoms with Crippen molar-refractivity contribution in [2.24, 2.45) is 0 Å². The van der Waals surface area contributed by atoms with Gasteiger partial charge in [-0.25, -0.2) is 8.42 Å². The Hall–Kier alpha value is -1.44. The maximum Gasteiger partial charge on any atom is 0.253 e. The molecule has 1 aliphatic heterocycles. The number of amides is 1. The molecule has 1 aliphatic rings. The SMILES string of the molecule is CN(C)C(=O)c1ccc(S(=O)(=O)N2CCNCC2)cc1. The van der Waals surface area contributed by atoms with Crippen molar-refractivity contribution in [2.45, 2.75) is 4.90 Å². The first-order chi connectivity index (χ1) is 9.43. The van der Waals surface area contributed by atoms with Crippen LogP contribution in [0.5, 0.6) is 0 Å². The largest absolute Gasteiger partial charge is 0.345 e. The fourth-order valence-electron chi connectivity index (χ4n) is 2.06. The molecule has 1 aromatic carbocycles. The van der Waals surface area contributed by atoms with E-state index in [1.54, 1.807) is 26.2 Å². The quantitative estimate of drug-likeness (QED) is 0.851. The van der Waals surface area contributed by atoms with Crippen LogP contribution in [0.1, 0.15) is 10.4 Å². The second kappa shape index (κ2) is 5.90. The van der Waals surface area contributed by atoms with Gasteiger partial charge in [-0.1, -0.05) is 0 Å². The van der Waals surface area contributed by atoms with Gasteiger partial charge in [0.25, 0.3) is 5.91 Å². The molecule has 6 nitrogen and oxygen atoms in total. The van der Waals surface area contributed by atoms with Gasteiger partial charge in [0.2, 0.25) is 10.0 Å². The van der Waals surface area contributed by atoms with E-state index in [0.717, 1.165) is 0 Å². The van der Waals surface area contributed by atoms with E-state index in [4.69, 9.17) is 0 Å². The molecule has 0 atom stereocenters. The van der Waals surface area contributed by atoms with E-state index < -0.39 is 10.0 Å². The number of nitrogens with zero attached hydrogens (tertiary/aromatic N) is 2. The first-order valence-electron chi connectivity index (χ1n) is 6.45. The van der Waals surface area contributed by atoms with Crippen LogP contribution in [0.25, 0.3) is 0 Å². The van der Waals surface area contributed by atoms with E-state index in [1.807, 2.05) is 0 Å². The lowest BCUT2D eigenvalue weighted by Crippen LogP contribution is -2.46. The van der Waals surface area contributed by atoms with Gasteiger partial charge in [-0.15, -0.1) is 0 Å². The van der Waals surface area contributed by atoms with E-state index in [9.17, 15) is 13.2 Å². The number of piperazine rings is 1. The summed E-state index contributed by atoms with van der Waals surface area (Å²) in [6.07, 6.45) is 0. The zero-order chi connectivity index (χ0) is 14.8. The molecule has 0 spiro atoms. The second-order valence-electron chi connectivity index (χ2n) is 4.88. The van der Waals surface area contributed by atoms with Crippen molar-refractivity contribution in [3.63, 3.8) is 0 Å². The summed E-state index contributed by atoms with van der Waals surface area (Å²) in [5.41, 5.74) is 0.481. The second-order valence-corrected chi connectivity index (χ2v) is 6.82. The van der Waals surface area contributed by atoms with Gasteiger partial charge in [0, 0.05) is 45.8 Å². The number of rotatable bonds is 3. The van der Waals surface area contributed by atoms with Crippen molar-refractivity contribution in [1.29, 1.82) is 0 Å². The summed E-state index contributed by atoms with van der Waals surface area (Å²) in [6, 6.07) is 6.09. The molecular formula is C13H19N3O3S. The van der Waals surface area contributed by atoms with E-state index >= 15 is 0 Å². The van der Waals surface area contributed by atoms with Gasteiger partial charge in [0.1, 0.15) is 0 Å². The normalized spacial score (nSPS) is 16.9. The predicted octanol–water partition coefficient (Wildman–Crippen LogP) is -0.0177. The summed E-state index contributed by atoms with van der Waals surface area (Å²) >= 11 is 0. The van der Waals surface area contributed by atoms with Crippen LogP contribution in [0.15, 0.2) is 29.2 Å². The molecule has 1 amide bonds. The zero-order valence-electron chi connectivity index (χ0n) is 11.7. The van der Waals surface area contributed by atoms with Crippen LogP contribution in [0.2, 0.25) is 0 Å². The molecule has 20 heavy (non-hydrogen) atoms. The van der Waals surface area contributed by atoms with E-state index in [-0.39, 0.29) is 10.8 Å². The third-order valence-corrected chi connectivity index (χ3v) is 5.13. The van der Waals surface area contributed by atoms with E-state index in [0.29, 0.717) is 31.7 Å². The van der Waals surface area contributed by atoms with Gasteiger partial charge >= 0.3 is 0 Å². The minimum Gasteiger partial charge on any atom is -0.345 e. The molecule has 0 unspecified atom stereocenters. The summed E-state index contributed by atoms with van der Waals surface area (Å²) < 4.78 is 26.3. The van der Waals surface area contributed by atoms with Gasteiger partial charge in [0.15, 0.2) is 0 Å². The summed E-state index contributed by atoms with van der Waals surface area (Å²) in [6.45, 7) is 2.27. The van der Waals surface area contributed by atoms with Crippen LogP contribution in [-0.2, 0) is 10.0 Å².